The number of ether oxygens (including phenoxy) is 2. The Balaban J connectivity index is 1.93. The Labute approximate surface area is 136 Å². The first kappa shape index (κ1) is 16.7. The van der Waals surface area contributed by atoms with Gasteiger partial charge >= 0.3 is 5.97 Å². The highest BCUT2D eigenvalue weighted by atomic mass is 16.5. The van der Waals surface area contributed by atoms with Crippen molar-refractivity contribution >= 4 is 12.0 Å². The van der Waals surface area contributed by atoms with Crippen LogP contribution in [0.15, 0.2) is 48.5 Å². The maximum Gasteiger partial charge on any atom is 0.330 e. The third-order valence-electron chi connectivity index (χ3n) is 3.31. The topological polar surface area (TPSA) is 48.4 Å². The number of aromatic nitrogens is 1. The normalized spacial score (nSPS) is 10.7. The summed E-state index contributed by atoms with van der Waals surface area (Å²) < 4.78 is 10.4. The molecule has 120 valence electrons. The number of carbonyl (C=O) groups excluding carboxylic acids is 1. The van der Waals surface area contributed by atoms with E-state index in [-0.39, 0.29) is 0 Å². The molecule has 0 saturated heterocycles. The van der Waals surface area contributed by atoms with Crippen LogP contribution in [0, 0.1) is 6.92 Å². The number of hydrogen-bond donors (Lipinski definition) is 0. The van der Waals surface area contributed by atoms with Gasteiger partial charge in [-0.05, 0) is 43.5 Å². The number of pyridine rings is 1. The fraction of sp³-hybridized carbons (Fsp3) is 0.263. The van der Waals surface area contributed by atoms with Crippen LogP contribution in [-0.2, 0) is 16.0 Å². The summed E-state index contributed by atoms with van der Waals surface area (Å²) in [6.07, 6.45) is 4.84. The predicted octanol–water partition coefficient (Wildman–Crippen LogP) is 3.59. The van der Waals surface area contributed by atoms with Crippen LogP contribution in [-0.4, -0.2) is 24.7 Å². The zero-order valence-electron chi connectivity index (χ0n) is 13.5. The Hall–Kier alpha value is -2.62. The van der Waals surface area contributed by atoms with Crippen molar-refractivity contribution in [1.82, 2.24) is 4.98 Å². The molecule has 0 atom stereocenters. The molecule has 4 nitrogen and oxygen atoms in total. The fourth-order valence-corrected chi connectivity index (χ4v) is 2.12. The zero-order valence-corrected chi connectivity index (χ0v) is 13.5. The summed E-state index contributed by atoms with van der Waals surface area (Å²) >= 11 is 0. The van der Waals surface area contributed by atoms with Crippen molar-refractivity contribution in [1.29, 1.82) is 0 Å². The highest BCUT2D eigenvalue weighted by Gasteiger charge is 2.04. The first-order valence-electron chi connectivity index (χ1n) is 7.59. The molecule has 0 spiro atoms. The van der Waals surface area contributed by atoms with Gasteiger partial charge in [-0.3, -0.25) is 0 Å². The quantitative estimate of drug-likeness (QED) is 0.445. The summed E-state index contributed by atoms with van der Waals surface area (Å²) in [4.78, 5) is 15.6. The van der Waals surface area contributed by atoms with Gasteiger partial charge in [-0.2, -0.15) is 0 Å². The summed E-state index contributed by atoms with van der Waals surface area (Å²) in [5.41, 5.74) is 2.80. The van der Waals surface area contributed by atoms with E-state index >= 15 is 0 Å². The van der Waals surface area contributed by atoms with Gasteiger partial charge in [-0.25, -0.2) is 9.78 Å². The first-order chi connectivity index (χ1) is 11.2. The van der Waals surface area contributed by atoms with Gasteiger partial charge in [0.05, 0.1) is 13.7 Å². The Morgan fingerprint density at radius 2 is 1.96 bits per heavy atom. The van der Waals surface area contributed by atoms with Crippen molar-refractivity contribution in [3.05, 3.63) is 65.5 Å². The van der Waals surface area contributed by atoms with Gasteiger partial charge in [0.2, 0.25) is 0 Å². The van der Waals surface area contributed by atoms with Crippen molar-refractivity contribution in [2.45, 2.75) is 19.8 Å². The highest BCUT2D eigenvalue weighted by Crippen LogP contribution is 2.19. The van der Waals surface area contributed by atoms with Crippen LogP contribution >= 0.6 is 0 Å². The first-order valence-corrected chi connectivity index (χ1v) is 7.59. The van der Waals surface area contributed by atoms with Crippen LogP contribution in [0.25, 0.3) is 6.08 Å². The minimum atomic E-state index is -0.414. The van der Waals surface area contributed by atoms with Crippen molar-refractivity contribution in [3.8, 4) is 5.75 Å². The molecule has 1 heterocycles. The van der Waals surface area contributed by atoms with Gasteiger partial charge in [0.15, 0.2) is 0 Å². The third kappa shape index (κ3) is 5.58. The van der Waals surface area contributed by atoms with Gasteiger partial charge in [0, 0.05) is 11.8 Å². The average Bonchev–Trinajstić information content (AvgIpc) is 2.58. The molecular weight excluding hydrogens is 290 g/mol. The number of aryl methyl sites for hydroxylation is 2. The molecule has 0 aliphatic heterocycles. The summed E-state index contributed by atoms with van der Waals surface area (Å²) in [5.74, 6) is 0.257. The van der Waals surface area contributed by atoms with E-state index in [2.05, 4.69) is 21.9 Å². The molecule has 0 N–H and O–H groups in total. The molecule has 0 unspecified atom stereocenters. The van der Waals surface area contributed by atoms with Crippen LogP contribution in [0.1, 0.15) is 23.4 Å². The Morgan fingerprint density at radius 3 is 2.70 bits per heavy atom. The molecule has 2 rings (SSSR count). The second-order valence-electron chi connectivity index (χ2n) is 5.13. The monoisotopic (exact) mass is 311 g/mol. The van der Waals surface area contributed by atoms with Crippen LogP contribution < -0.4 is 4.74 Å². The molecule has 0 bridgehead atoms. The minimum absolute atomic E-state index is 0.414. The SMILES string of the molecule is COC(=O)/C=C/c1nc(C)ccc1OCCCc1ccccc1. The largest absolute Gasteiger partial charge is 0.491 e. The molecule has 1 aromatic heterocycles. The second-order valence-corrected chi connectivity index (χ2v) is 5.13. The lowest BCUT2D eigenvalue weighted by molar-refractivity contribution is -0.134. The lowest BCUT2D eigenvalue weighted by atomic mass is 10.1. The Bertz CT molecular complexity index is 666. The molecule has 0 saturated carbocycles. The van der Waals surface area contributed by atoms with E-state index in [1.54, 1.807) is 6.08 Å². The molecule has 0 radical (unpaired) electrons. The third-order valence-corrected chi connectivity index (χ3v) is 3.31. The second kappa shape index (κ2) is 8.73. The molecule has 2 aromatic rings. The number of hydrogen-bond acceptors (Lipinski definition) is 4. The van der Waals surface area contributed by atoms with Gasteiger partial charge in [0.25, 0.3) is 0 Å². The summed E-state index contributed by atoms with van der Waals surface area (Å²) in [6.45, 7) is 2.49. The van der Waals surface area contributed by atoms with Gasteiger partial charge in [-0.1, -0.05) is 30.3 Å². The van der Waals surface area contributed by atoms with Crippen LogP contribution in [0.3, 0.4) is 0 Å². The number of esters is 1. The van der Waals surface area contributed by atoms with E-state index in [1.807, 2.05) is 37.3 Å². The van der Waals surface area contributed by atoms with Crippen molar-refractivity contribution in [3.63, 3.8) is 0 Å². The zero-order chi connectivity index (χ0) is 16.5. The number of benzene rings is 1. The van der Waals surface area contributed by atoms with Gasteiger partial charge in [0.1, 0.15) is 11.4 Å². The lowest BCUT2D eigenvalue weighted by Gasteiger charge is -2.09. The van der Waals surface area contributed by atoms with E-state index in [9.17, 15) is 4.79 Å². The van der Waals surface area contributed by atoms with E-state index in [1.165, 1.54) is 18.7 Å². The molecule has 0 amide bonds. The summed E-state index contributed by atoms with van der Waals surface area (Å²) in [5, 5.41) is 0. The van der Waals surface area contributed by atoms with Crippen LogP contribution in [0.2, 0.25) is 0 Å². The fourth-order valence-electron chi connectivity index (χ4n) is 2.12. The molecule has 0 aliphatic rings. The number of methoxy groups -OCH3 is 1. The van der Waals surface area contributed by atoms with E-state index in [0.717, 1.165) is 18.5 Å². The average molecular weight is 311 g/mol. The maximum absolute atomic E-state index is 11.2. The van der Waals surface area contributed by atoms with E-state index in [4.69, 9.17) is 4.74 Å². The molecule has 1 aromatic carbocycles. The molecule has 4 heteroatoms. The van der Waals surface area contributed by atoms with Gasteiger partial charge in [-0.15, -0.1) is 0 Å². The summed E-state index contributed by atoms with van der Waals surface area (Å²) in [6, 6.07) is 14.1. The maximum atomic E-state index is 11.2. The standard InChI is InChI=1S/C19H21NO3/c1-15-10-12-18(17(20-15)11-13-19(21)22-2)23-14-6-9-16-7-4-3-5-8-16/h3-5,7-8,10-13H,6,9,14H2,1-2H3/b13-11+. The predicted molar refractivity (Wildman–Crippen MR) is 90.3 cm³/mol. The Kier molecular flexibility index (Phi) is 6.36. The summed E-state index contributed by atoms with van der Waals surface area (Å²) in [7, 11) is 1.34. The number of carbonyl (C=O) groups is 1. The Morgan fingerprint density at radius 1 is 1.17 bits per heavy atom. The van der Waals surface area contributed by atoms with Crippen molar-refractivity contribution < 1.29 is 14.3 Å². The minimum Gasteiger partial charge on any atom is -0.491 e. The highest BCUT2D eigenvalue weighted by molar-refractivity contribution is 5.87. The molecule has 0 aliphatic carbocycles. The van der Waals surface area contributed by atoms with Crippen LogP contribution in [0.4, 0.5) is 0 Å². The number of nitrogens with zero attached hydrogens (tertiary/aromatic N) is 1. The molecule has 23 heavy (non-hydrogen) atoms. The molecular formula is C19H21NO3. The van der Waals surface area contributed by atoms with E-state index < -0.39 is 5.97 Å². The van der Waals surface area contributed by atoms with Crippen molar-refractivity contribution in [2.75, 3.05) is 13.7 Å². The van der Waals surface area contributed by atoms with E-state index in [0.29, 0.717) is 18.1 Å². The smallest absolute Gasteiger partial charge is 0.330 e. The molecule has 0 fully saturated rings. The number of rotatable bonds is 7. The lowest BCUT2D eigenvalue weighted by Crippen LogP contribution is -2.02. The van der Waals surface area contributed by atoms with Crippen LogP contribution in [0.5, 0.6) is 5.75 Å². The van der Waals surface area contributed by atoms with Crippen molar-refractivity contribution in [2.24, 2.45) is 0 Å². The van der Waals surface area contributed by atoms with Gasteiger partial charge < -0.3 is 9.47 Å².